The number of piperidine rings is 1. The molecule has 1 aliphatic rings. The highest BCUT2D eigenvalue weighted by Gasteiger charge is 2.31. The number of nitrogens with two attached hydrogens (primary N) is 1. The summed E-state index contributed by atoms with van der Waals surface area (Å²) >= 11 is 0. The van der Waals surface area contributed by atoms with E-state index in [4.69, 9.17) is 10.2 Å². The lowest BCUT2D eigenvalue weighted by molar-refractivity contribution is 0.0995. The van der Waals surface area contributed by atoms with Crippen LogP contribution in [0.1, 0.15) is 34.9 Å². The number of amides is 1. The highest BCUT2D eigenvalue weighted by Crippen LogP contribution is 2.30. The van der Waals surface area contributed by atoms with Gasteiger partial charge >= 0.3 is 5.76 Å². The Morgan fingerprint density at radius 1 is 1.29 bits per heavy atom. The number of aromatic nitrogens is 3. The summed E-state index contributed by atoms with van der Waals surface area (Å²) in [4.78, 5) is 22.9. The normalized spacial score (nSPS) is 16.6. The second kappa shape index (κ2) is 6.60. The number of hydrogen-bond acceptors (Lipinski definition) is 6. The van der Waals surface area contributed by atoms with E-state index in [1.54, 1.807) is 6.07 Å². The molecule has 4 rings (SSSR count). The number of hydrogen-bond donors (Lipinski definition) is 2. The third-order valence-corrected chi connectivity index (χ3v) is 7.04. The predicted molar refractivity (Wildman–Crippen MR) is 99.3 cm³/mol. The third-order valence-electron chi connectivity index (χ3n) is 5.14. The van der Waals surface area contributed by atoms with Crippen LogP contribution in [-0.4, -0.2) is 46.5 Å². The fraction of sp³-hybridized carbons (Fsp3) is 0.353. The standard InChI is InChI=1S/C17H19N5O5S/c1-21-14-8-11(2-3-15(14)27-17(21)24)28(25,26)22-6-4-10(5-7-22)12-9-13(16(18)23)20-19-12/h2-3,8-10H,4-7H2,1H3,(H2,18,23)(H,19,20). The fourth-order valence-electron chi connectivity index (χ4n) is 3.50. The number of nitrogens with zero attached hydrogens (tertiary/aromatic N) is 3. The Kier molecular flexibility index (Phi) is 4.35. The molecule has 1 aliphatic heterocycles. The molecule has 1 fully saturated rings. The summed E-state index contributed by atoms with van der Waals surface area (Å²) in [5.41, 5.74) is 6.93. The van der Waals surface area contributed by atoms with Crippen molar-refractivity contribution in [1.82, 2.24) is 19.1 Å². The number of aromatic amines is 1. The molecule has 0 atom stereocenters. The second-order valence-corrected chi connectivity index (χ2v) is 8.75. The van der Waals surface area contributed by atoms with Crippen LogP contribution in [0.3, 0.4) is 0 Å². The number of sulfonamides is 1. The molecule has 0 radical (unpaired) electrons. The number of fused-ring (bicyclic) bond motifs is 1. The van der Waals surface area contributed by atoms with Gasteiger partial charge < -0.3 is 10.2 Å². The van der Waals surface area contributed by atoms with E-state index < -0.39 is 21.7 Å². The first-order chi connectivity index (χ1) is 13.3. The van der Waals surface area contributed by atoms with Crippen LogP contribution in [0.5, 0.6) is 0 Å². The number of benzene rings is 1. The van der Waals surface area contributed by atoms with Gasteiger partial charge in [0.15, 0.2) is 5.58 Å². The van der Waals surface area contributed by atoms with Crippen LogP contribution in [0.15, 0.2) is 38.4 Å². The number of carbonyl (C=O) groups is 1. The van der Waals surface area contributed by atoms with Crippen molar-refractivity contribution in [2.45, 2.75) is 23.7 Å². The monoisotopic (exact) mass is 405 g/mol. The maximum Gasteiger partial charge on any atom is 0.419 e. The second-order valence-electron chi connectivity index (χ2n) is 6.81. The maximum absolute atomic E-state index is 13.0. The first-order valence-electron chi connectivity index (χ1n) is 8.72. The van der Waals surface area contributed by atoms with E-state index in [2.05, 4.69) is 10.2 Å². The molecule has 0 spiro atoms. The summed E-state index contributed by atoms with van der Waals surface area (Å²) in [6.45, 7) is 0.667. The van der Waals surface area contributed by atoms with Crippen molar-refractivity contribution in [3.8, 4) is 0 Å². The van der Waals surface area contributed by atoms with Crippen molar-refractivity contribution in [2.24, 2.45) is 12.8 Å². The predicted octanol–water partition coefficient (Wildman–Crippen LogP) is 0.522. The van der Waals surface area contributed by atoms with E-state index in [-0.39, 0.29) is 16.5 Å². The molecule has 1 amide bonds. The van der Waals surface area contributed by atoms with E-state index in [0.717, 1.165) is 5.69 Å². The van der Waals surface area contributed by atoms with E-state index >= 15 is 0 Å². The summed E-state index contributed by atoms with van der Waals surface area (Å²) in [6, 6.07) is 6.01. The lowest BCUT2D eigenvalue weighted by Crippen LogP contribution is -2.38. The van der Waals surface area contributed by atoms with Crippen LogP contribution in [0.2, 0.25) is 0 Å². The number of nitrogens with one attached hydrogen (secondary N) is 1. The van der Waals surface area contributed by atoms with Gasteiger partial charge in [0.05, 0.1) is 10.4 Å². The summed E-state index contributed by atoms with van der Waals surface area (Å²) < 4.78 is 33.8. The van der Waals surface area contributed by atoms with E-state index in [1.165, 1.54) is 34.1 Å². The lowest BCUT2D eigenvalue weighted by atomic mass is 9.94. The average Bonchev–Trinajstić information content (AvgIpc) is 3.27. The van der Waals surface area contributed by atoms with Gasteiger partial charge in [-0.15, -0.1) is 0 Å². The molecule has 0 unspecified atom stereocenters. The van der Waals surface area contributed by atoms with Crippen LogP contribution in [0, 0.1) is 0 Å². The zero-order valence-electron chi connectivity index (χ0n) is 15.1. The number of carbonyl (C=O) groups excluding carboxylic acids is 1. The molecule has 11 heteroatoms. The van der Waals surface area contributed by atoms with Gasteiger partial charge in [0.1, 0.15) is 5.69 Å². The van der Waals surface area contributed by atoms with Crippen molar-refractivity contribution < 1.29 is 17.6 Å². The first kappa shape index (κ1) is 18.4. The minimum atomic E-state index is -3.70. The Bertz CT molecular complexity index is 1210. The molecule has 3 heterocycles. The zero-order chi connectivity index (χ0) is 20.1. The van der Waals surface area contributed by atoms with Crippen LogP contribution >= 0.6 is 0 Å². The van der Waals surface area contributed by atoms with Gasteiger partial charge in [0.2, 0.25) is 10.0 Å². The van der Waals surface area contributed by atoms with E-state index in [0.29, 0.717) is 37.0 Å². The smallest absolute Gasteiger partial charge is 0.408 e. The molecule has 2 aromatic heterocycles. The van der Waals surface area contributed by atoms with Gasteiger partial charge in [0.25, 0.3) is 5.91 Å². The number of aryl methyl sites for hydroxylation is 1. The molecule has 1 saturated heterocycles. The number of rotatable bonds is 4. The summed E-state index contributed by atoms with van der Waals surface area (Å²) in [7, 11) is -2.17. The topological polar surface area (TPSA) is 144 Å². The number of primary amides is 1. The Morgan fingerprint density at radius 2 is 2.00 bits per heavy atom. The number of H-pyrrole nitrogens is 1. The van der Waals surface area contributed by atoms with Crippen molar-refractivity contribution in [1.29, 1.82) is 0 Å². The molecule has 10 nitrogen and oxygen atoms in total. The minimum Gasteiger partial charge on any atom is -0.408 e. The highest BCUT2D eigenvalue weighted by molar-refractivity contribution is 7.89. The third kappa shape index (κ3) is 3.02. The molecule has 0 bridgehead atoms. The van der Waals surface area contributed by atoms with E-state index in [9.17, 15) is 18.0 Å². The quantitative estimate of drug-likeness (QED) is 0.647. The van der Waals surface area contributed by atoms with E-state index in [1.807, 2.05) is 0 Å². The zero-order valence-corrected chi connectivity index (χ0v) is 15.9. The SMILES string of the molecule is Cn1c(=O)oc2ccc(S(=O)(=O)N3CCC(c4cc(C(N)=O)n[nH]4)CC3)cc21. The molecular weight excluding hydrogens is 386 g/mol. The minimum absolute atomic E-state index is 0.0734. The van der Waals surface area contributed by atoms with Crippen LogP contribution in [0.25, 0.3) is 11.1 Å². The Balaban J connectivity index is 1.54. The Hall–Kier alpha value is -2.92. The maximum atomic E-state index is 13.0. The van der Waals surface area contributed by atoms with Crippen molar-refractivity contribution in [2.75, 3.05) is 13.1 Å². The van der Waals surface area contributed by atoms with Crippen LogP contribution < -0.4 is 11.5 Å². The van der Waals surface area contributed by atoms with Crippen molar-refractivity contribution in [3.05, 3.63) is 46.2 Å². The van der Waals surface area contributed by atoms with Gasteiger partial charge in [-0.05, 0) is 37.1 Å². The lowest BCUT2D eigenvalue weighted by Gasteiger charge is -2.30. The molecule has 0 saturated carbocycles. The van der Waals surface area contributed by atoms with Gasteiger partial charge in [-0.2, -0.15) is 9.40 Å². The summed E-state index contributed by atoms with van der Waals surface area (Å²) in [5, 5.41) is 6.69. The molecule has 148 valence electrons. The summed E-state index contributed by atoms with van der Waals surface area (Å²) in [6.07, 6.45) is 1.18. The van der Waals surface area contributed by atoms with Gasteiger partial charge in [-0.3, -0.25) is 14.5 Å². The highest BCUT2D eigenvalue weighted by atomic mass is 32.2. The number of oxazole rings is 1. The summed E-state index contributed by atoms with van der Waals surface area (Å²) in [5.74, 6) is -1.07. The molecule has 3 N–H and O–H groups in total. The molecule has 0 aliphatic carbocycles. The largest absolute Gasteiger partial charge is 0.419 e. The fourth-order valence-corrected chi connectivity index (χ4v) is 4.99. The van der Waals surface area contributed by atoms with Crippen LogP contribution in [0.4, 0.5) is 0 Å². The average molecular weight is 405 g/mol. The van der Waals surface area contributed by atoms with Gasteiger partial charge in [0, 0.05) is 31.7 Å². The van der Waals surface area contributed by atoms with Crippen molar-refractivity contribution >= 4 is 27.0 Å². The Labute approximate surface area is 160 Å². The first-order valence-corrected chi connectivity index (χ1v) is 10.2. The molecule has 1 aromatic carbocycles. The van der Waals surface area contributed by atoms with Gasteiger partial charge in [-0.25, -0.2) is 13.2 Å². The van der Waals surface area contributed by atoms with Crippen molar-refractivity contribution in [3.63, 3.8) is 0 Å². The molecule has 3 aromatic rings. The molecule has 28 heavy (non-hydrogen) atoms. The van der Waals surface area contributed by atoms with Crippen LogP contribution in [-0.2, 0) is 17.1 Å². The molecular formula is C17H19N5O5S. The Morgan fingerprint density at radius 3 is 2.64 bits per heavy atom. The van der Waals surface area contributed by atoms with Gasteiger partial charge in [-0.1, -0.05) is 0 Å².